The van der Waals surface area contributed by atoms with E-state index in [9.17, 15) is 14.4 Å². The van der Waals surface area contributed by atoms with Crippen LogP contribution in [0.5, 0.6) is 11.5 Å². The zero-order valence-electron chi connectivity index (χ0n) is 16.6. The van der Waals surface area contributed by atoms with E-state index in [2.05, 4.69) is 5.32 Å². The zero-order chi connectivity index (χ0) is 22.3. The molecule has 8 nitrogen and oxygen atoms in total. The number of hydrogen-bond acceptors (Lipinski definition) is 6. The van der Waals surface area contributed by atoms with Crippen molar-refractivity contribution in [1.29, 1.82) is 0 Å². The van der Waals surface area contributed by atoms with Gasteiger partial charge in [0, 0.05) is 27.7 Å². The first-order valence-corrected chi connectivity index (χ1v) is 10.1. The van der Waals surface area contributed by atoms with Crippen LogP contribution in [-0.2, 0) is 14.3 Å². The summed E-state index contributed by atoms with van der Waals surface area (Å²) in [6.45, 7) is 0. The summed E-state index contributed by atoms with van der Waals surface area (Å²) in [4.78, 5) is 39.6. The third-order valence-corrected chi connectivity index (χ3v) is 5.64. The van der Waals surface area contributed by atoms with Crippen molar-refractivity contribution in [2.75, 3.05) is 19.5 Å². The fourth-order valence-electron chi connectivity index (χ4n) is 3.89. The van der Waals surface area contributed by atoms with Crippen LogP contribution in [0.25, 0.3) is 0 Å². The largest absolute Gasteiger partial charge is 0.493 e. The van der Waals surface area contributed by atoms with Gasteiger partial charge in [0.15, 0.2) is 11.5 Å². The van der Waals surface area contributed by atoms with Crippen molar-refractivity contribution < 1.29 is 28.6 Å². The molecule has 2 unspecified atom stereocenters. The highest BCUT2D eigenvalue weighted by atomic mass is 35.5. The molecule has 0 saturated carbocycles. The lowest BCUT2D eigenvalue weighted by molar-refractivity contribution is -0.144. The normalized spacial score (nSPS) is 19.8. The van der Waals surface area contributed by atoms with E-state index >= 15 is 0 Å². The molecule has 10 heteroatoms. The maximum atomic E-state index is 13.0. The monoisotopic (exact) mass is 464 g/mol. The topological polar surface area (TPSA) is 94.2 Å². The van der Waals surface area contributed by atoms with E-state index in [0.29, 0.717) is 27.0 Å². The molecule has 4 rings (SSSR count). The summed E-state index contributed by atoms with van der Waals surface area (Å²) >= 11 is 12.0. The Morgan fingerprint density at radius 3 is 2.48 bits per heavy atom. The standard InChI is InChI=1S/C21H18Cl2N2O6/c1-29-15-5-3-13-17(18(15)30-2)21(28)31-20(13)25-14(4-6-16(25)26)19(27)24-12-8-10(22)7-11(23)9-12/h3,5,7-9,14,20H,4,6H2,1-2H3,(H,24,27). The number of nitrogens with one attached hydrogen (secondary N) is 1. The van der Waals surface area contributed by atoms with Crippen LogP contribution in [0.2, 0.25) is 10.0 Å². The summed E-state index contributed by atoms with van der Waals surface area (Å²) in [6, 6.07) is 7.05. The summed E-state index contributed by atoms with van der Waals surface area (Å²) in [6.07, 6.45) is -0.628. The highest BCUT2D eigenvalue weighted by Crippen LogP contribution is 2.45. The molecule has 0 bridgehead atoms. The van der Waals surface area contributed by atoms with E-state index < -0.39 is 24.1 Å². The molecule has 0 aromatic heterocycles. The van der Waals surface area contributed by atoms with E-state index in [-0.39, 0.29) is 30.1 Å². The minimum atomic E-state index is -1.05. The second-order valence-electron chi connectivity index (χ2n) is 7.03. The number of likely N-dealkylation sites (tertiary alicyclic amines) is 1. The number of carbonyl (C=O) groups excluding carboxylic acids is 3. The predicted octanol–water partition coefficient (Wildman–Crippen LogP) is 3.81. The predicted molar refractivity (Wildman–Crippen MR) is 113 cm³/mol. The summed E-state index contributed by atoms with van der Waals surface area (Å²) in [5, 5.41) is 3.45. The van der Waals surface area contributed by atoms with Crippen LogP contribution in [0.15, 0.2) is 30.3 Å². The van der Waals surface area contributed by atoms with E-state index in [1.807, 2.05) is 0 Å². The molecular weight excluding hydrogens is 447 g/mol. The molecule has 2 aliphatic rings. The molecule has 1 N–H and O–H groups in total. The zero-order valence-corrected chi connectivity index (χ0v) is 18.1. The van der Waals surface area contributed by atoms with E-state index in [1.54, 1.807) is 30.3 Å². The van der Waals surface area contributed by atoms with Gasteiger partial charge in [0.2, 0.25) is 18.0 Å². The van der Waals surface area contributed by atoms with Gasteiger partial charge in [-0.2, -0.15) is 0 Å². The Hall–Kier alpha value is -2.97. The SMILES string of the molecule is COc1ccc2c(c1OC)C(=O)OC2N1C(=O)CCC1C(=O)Nc1cc(Cl)cc(Cl)c1. The molecule has 0 aliphatic carbocycles. The quantitative estimate of drug-likeness (QED) is 0.676. The van der Waals surface area contributed by atoms with Crippen LogP contribution in [0.1, 0.15) is 35.0 Å². The van der Waals surface area contributed by atoms with Crippen molar-refractivity contribution in [3.8, 4) is 11.5 Å². The smallest absolute Gasteiger partial charge is 0.344 e. The van der Waals surface area contributed by atoms with Gasteiger partial charge in [0.1, 0.15) is 11.6 Å². The fourth-order valence-corrected chi connectivity index (χ4v) is 4.42. The summed E-state index contributed by atoms with van der Waals surface area (Å²) < 4.78 is 16.1. The lowest BCUT2D eigenvalue weighted by atomic mass is 10.1. The summed E-state index contributed by atoms with van der Waals surface area (Å²) in [5.74, 6) is -0.817. The van der Waals surface area contributed by atoms with Crippen LogP contribution in [0, 0.1) is 0 Å². The van der Waals surface area contributed by atoms with Crippen molar-refractivity contribution in [3.63, 3.8) is 0 Å². The number of benzene rings is 2. The number of ether oxygens (including phenoxy) is 3. The Morgan fingerprint density at radius 1 is 1.13 bits per heavy atom. The number of fused-ring (bicyclic) bond motifs is 1. The summed E-state index contributed by atoms with van der Waals surface area (Å²) in [5.41, 5.74) is 1.01. The number of amides is 2. The molecule has 0 spiro atoms. The Kier molecular flexibility index (Phi) is 5.68. The molecule has 2 aromatic rings. The molecule has 31 heavy (non-hydrogen) atoms. The average molecular weight is 465 g/mol. The van der Waals surface area contributed by atoms with Gasteiger partial charge in [-0.05, 0) is 36.8 Å². The van der Waals surface area contributed by atoms with Gasteiger partial charge in [-0.1, -0.05) is 23.2 Å². The third-order valence-electron chi connectivity index (χ3n) is 5.21. The molecule has 0 radical (unpaired) electrons. The number of anilines is 1. The van der Waals surface area contributed by atoms with Gasteiger partial charge >= 0.3 is 5.97 Å². The lowest BCUT2D eigenvalue weighted by Crippen LogP contribution is -2.43. The molecular formula is C21H18Cl2N2O6. The molecule has 1 fully saturated rings. The first-order valence-electron chi connectivity index (χ1n) is 9.38. The van der Waals surface area contributed by atoms with Crippen LogP contribution in [0.4, 0.5) is 5.69 Å². The van der Waals surface area contributed by atoms with Gasteiger partial charge in [0.25, 0.3) is 0 Å². The van der Waals surface area contributed by atoms with Gasteiger partial charge in [-0.25, -0.2) is 4.79 Å². The Morgan fingerprint density at radius 2 is 1.84 bits per heavy atom. The van der Waals surface area contributed by atoms with Gasteiger partial charge in [0.05, 0.1) is 14.2 Å². The van der Waals surface area contributed by atoms with Gasteiger partial charge < -0.3 is 19.5 Å². The van der Waals surface area contributed by atoms with Crippen molar-refractivity contribution in [2.45, 2.75) is 25.1 Å². The number of nitrogens with zero attached hydrogens (tertiary/aromatic N) is 1. The Labute approximate surface area is 188 Å². The molecule has 2 heterocycles. The fraction of sp³-hybridized carbons (Fsp3) is 0.286. The minimum Gasteiger partial charge on any atom is -0.493 e. The first-order chi connectivity index (χ1) is 14.8. The van der Waals surface area contributed by atoms with Crippen molar-refractivity contribution >= 4 is 46.7 Å². The summed E-state index contributed by atoms with van der Waals surface area (Å²) in [7, 11) is 2.86. The molecule has 162 valence electrons. The number of halogens is 2. The number of carbonyl (C=O) groups is 3. The minimum absolute atomic E-state index is 0.144. The third kappa shape index (κ3) is 3.77. The number of esters is 1. The number of hydrogen-bond donors (Lipinski definition) is 1. The van der Waals surface area contributed by atoms with Crippen LogP contribution in [0.3, 0.4) is 0 Å². The number of rotatable bonds is 5. The van der Waals surface area contributed by atoms with Crippen LogP contribution >= 0.6 is 23.2 Å². The van der Waals surface area contributed by atoms with E-state index in [1.165, 1.54) is 19.1 Å². The Bertz CT molecular complexity index is 1070. The molecule has 2 amide bonds. The lowest BCUT2D eigenvalue weighted by Gasteiger charge is -2.29. The van der Waals surface area contributed by atoms with Crippen LogP contribution in [-0.4, -0.2) is 42.9 Å². The maximum Gasteiger partial charge on any atom is 0.344 e. The number of methoxy groups -OCH3 is 2. The number of cyclic esters (lactones) is 1. The molecule has 2 atom stereocenters. The van der Waals surface area contributed by atoms with Gasteiger partial charge in [-0.15, -0.1) is 0 Å². The molecule has 1 saturated heterocycles. The average Bonchev–Trinajstić information content (AvgIpc) is 3.26. The van der Waals surface area contributed by atoms with Crippen molar-refractivity contribution in [2.24, 2.45) is 0 Å². The van der Waals surface area contributed by atoms with Crippen molar-refractivity contribution in [1.82, 2.24) is 4.90 Å². The maximum absolute atomic E-state index is 13.0. The van der Waals surface area contributed by atoms with Gasteiger partial charge in [-0.3, -0.25) is 14.5 Å². The first kappa shape index (κ1) is 21.3. The van der Waals surface area contributed by atoms with E-state index in [4.69, 9.17) is 37.4 Å². The van der Waals surface area contributed by atoms with Crippen LogP contribution < -0.4 is 14.8 Å². The molecule has 2 aliphatic heterocycles. The highest BCUT2D eigenvalue weighted by molar-refractivity contribution is 6.35. The second-order valence-corrected chi connectivity index (χ2v) is 7.90. The Balaban J connectivity index is 1.65. The van der Waals surface area contributed by atoms with Crippen molar-refractivity contribution in [3.05, 3.63) is 51.5 Å². The second kappa shape index (κ2) is 8.28. The highest BCUT2D eigenvalue weighted by Gasteiger charge is 2.47. The van der Waals surface area contributed by atoms with E-state index in [0.717, 1.165) is 0 Å². The molecule has 2 aromatic carbocycles.